The Morgan fingerprint density at radius 2 is 2.17 bits per heavy atom. The Balaban J connectivity index is 1.43. The van der Waals surface area contributed by atoms with Crippen molar-refractivity contribution >= 4 is 24.3 Å². The molecule has 151 valence electrons. The number of nitrogens with zero attached hydrogens (tertiary/aromatic N) is 4. The predicted molar refractivity (Wildman–Crippen MR) is 107 cm³/mol. The van der Waals surface area contributed by atoms with Crippen molar-refractivity contribution < 1.29 is 13.6 Å². The van der Waals surface area contributed by atoms with E-state index in [1.165, 1.54) is 6.34 Å². The van der Waals surface area contributed by atoms with Crippen LogP contribution in [0.3, 0.4) is 0 Å². The van der Waals surface area contributed by atoms with Gasteiger partial charge in [-0.2, -0.15) is 0 Å². The van der Waals surface area contributed by atoms with Gasteiger partial charge in [-0.1, -0.05) is 6.92 Å². The van der Waals surface area contributed by atoms with E-state index in [2.05, 4.69) is 32.1 Å². The predicted octanol–water partition coefficient (Wildman–Crippen LogP) is 1.82. The molecule has 29 heavy (non-hydrogen) atoms. The fraction of sp³-hybridized carbons (Fsp3) is 0.350. The van der Waals surface area contributed by atoms with Gasteiger partial charge in [-0.3, -0.25) is 9.79 Å². The molecule has 0 bridgehead atoms. The van der Waals surface area contributed by atoms with Crippen LogP contribution in [0.5, 0.6) is 0 Å². The lowest BCUT2D eigenvalue weighted by atomic mass is 10.00. The normalized spacial score (nSPS) is 23.6. The van der Waals surface area contributed by atoms with Gasteiger partial charge in [-0.25, -0.2) is 18.8 Å². The first-order valence-electron chi connectivity index (χ1n) is 9.42. The molecule has 4 rings (SSSR count). The topological polar surface area (TPSA) is 95.4 Å². The number of carbonyl (C=O) groups is 1. The number of benzene rings is 1. The molecule has 0 aliphatic carbocycles. The number of allylic oxidation sites excluding steroid dienone is 1. The van der Waals surface area contributed by atoms with E-state index in [-0.39, 0.29) is 12.1 Å². The zero-order valence-corrected chi connectivity index (χ0v) is 16.0. The van der Waals surface area contributed by atoms with Crippen LogP contribution in [0.2, 0.25) is 0 Å². The SMILES string of the molecule is CCC1=C2[C](N=CN=C2N2CC[C@@](N)(CNC(=O)c3ccc(F)cc3F)C2)N=C1. The highest BCUT2D eigenvalue weighted by molar-refractivity contribution is 6.12. The Kier molecular flexibility index (Phi) is 4.99. The molecule has 1 amide bonds. The third-order valence-electron chi connectivity index (χ3n) is 5.31. The van der Waals surface area contributed by atoms with E-state index in [1.54, 1.807) is 0 Å². The summed E-state index contributed by atoms with van der Waals surface area (Å²) in [4.78, 5) is 27.4. The monoisotopic (exact) mass is 399 g/mol. The van der Waals surface area contributed by atoms with E-state index in [0.29, 0.717) is 31.7 Å². The van der Waals surface area contributed by atoms with E-state index in [0.717, 1.165) is 35.5 Å². The zero-order valence-electron chi connectivity index (χ0n) is 16.0. The summed E-state index contributed by atoms with van der Waals surface area (Å²) in [5.41, 5.74) is 7.59. The summed E-state index contributed by atoms with van der Waals surface area (Å²) in [6.45, 7) is 3.35. The second-order valence-electron chi connectivity index (χ2n) is 7.37. The number of likely N-dealkylation sites (tertiary alicyclic amines) is 1. The number of fused-ring (bicyclic) bond motifs is 1. The number of nitrogens with one attached hydrogen (secondary N) is 1. The van der Waals surface area contributed by atoms with Crippen LogP contribution in [0.15, 0.2) is 44.3 Å². The summed E-state index contributed by atoms with van der Waals surface area (Å²) >= 11 is 0. The molecule has 9 heteroatoms. The van der Waals surface area contributed by atoms with Gasteiger partial charge in [0.2, 0.25) is 6.17 Å². The largest absolute Gasteiger partial charge is 0.354 e. The Bertz CT molecular complexity index is 970. The molecule has 3 heterocycles. The Morgan fingerprint density at radius 3 is 2.93 bits per heavy atom. The van der Waals surface area contributed by atoms with Crippen molar-refractivity contribution in [3.63, 3.8) is 0 Å². The molecule has 1 atom stereocenters. The van der Waals surface area contributed by atoms with E-state index in [4.69, 9.17) is 5.73 Å². The Hall–Kier alpha value is -2.94. The van der Waals surface area contributed by atoms with Crippen LogP contribution in [-0.4, -0.2) is 54.4 Å². The number of nitrogens with two attached hydrogens (primary N) is 1. The minimum Gasteiger partial charge on any atom is -0.354 e. The van der Waals surface area contributed by atoms with Gasteiger partial charge in [0.25, 0.3) is 5.91 Å². The van der Waals surface area contributed by atoms with Crippen LogP contribution in [0.4, 0.5) is 8.78 Å². The van der Waals surface area contributed by atoms with Crippen molar-refractivity contribution in [3.05, 3.63) is 52.7 Å². The van der Waals surface area contributed by atoms with Crippen LogP contribution >= 0.6 is 0 Å². The average molecular weight is 399 g/mol. The van der Waals surface area contributed by atoms with Crippen LogP contribution in [0, 0.1) is 17.8 Å². The quantitative estimate of drug-likeness (QED) is 0.808. The van der Waals surface area contributed by atoms with E-state index < -0.39 is 23.1 Å². The van der Waals surface area contributed by atoms with E-state index >= 15 is 0 Å². The number of hydrogen-bond donors (Lipinski definition) is 2. The molecule has 1 aromatic rings. The van der Waals surface area contributed by atoms with Crippen molar-refractivity contribution in [2.24, 2.45) is 20.7 Å². The highest BCUT2D eigenvalue weighted by Gasteiger charge is 2.40. The van der Waals surface area contributed by atoms with Gasteiger partial charge in [-0.15, -0.1) is 0 Å². The zero-order chi connectivity index (χ0) is 20.6. The molecular formula is C20H21F2N6O. The molecule has 3 aliphatic heterocycles. The molecule has 0 spiro atoms. The lowest BCUT2D eigenvalue weighted by molar-refractivity contribution is 0.0940. The fourth-order valence-electron chi connectivity index (χ4n) is 3.71. The van der Waals surface area contributed by atoms with E-state index in [1.807, 2.05) is 6.21 Å². The van der Waals surface area contributed by atoms with Crippen LogP contribution in [0.1, 0.15) is 30.1 Å². The van der Waals surface area contributed by atoms with E-state index in [9.17, 15) is 13.6 Å². The minimum atomic E-state index is -0.902. The number of carbonyl (C=O) groups excluding carboxylic acids is 1. The van der Waals surface area contributed by atoms with Gasteiger partial charge in [0, 0.05) is 31.9 Å². The summed E-state index contributed by atoms with van der Waals surface area (Å²) in [5.74, 6) is -1.47. The molecular weight excluding hydrogens is 378 g/mol. The van der Waals surface area contributed by atoms with Crippen molar-refractivity contribution in [1.29, 1.82) is 0 Å². The molecule has 1 fully saturated rings. The second-order valence-corrected chi connectivity index (χ2v) is 7.37. The highest BCUT2D eigenvalue weighted by atomic mass is 19.1. The Morgan fingerprint density at radius 1 is 1.34 bits per heavy atom. The second kappa shape index (κ2) is 7.47. The number of amidine groups is 1. The van der Waals surface area contributed by atoms with Crippen molar-refractivity contribution in [2.45, 2.75) is 25.3 Å². The first-order chi connectivity index (χ1) is 13.9. The third kappa shape index (κ3) is 3.69. The Labute approximate surface area is 167 Å². The lowest BCUT2D eigenvalue weighted by Gasteiger charge is -2.28. The number of halogens is 2. The fourth-order valence-corrected chi connectivity index (χ4v) is 3.71. The first kappa shape index (κ1) is 19.4. The minimum absolute atomic E-state index is 0.160. The lowest BCUT2D eigenvalue weighted by Crippen LogP contribution is -2.52. The molecule has 0 unspecified atom stereocenters. The third-order valence-corrected chi connectivity index (χ3v) is 5.31. The van der Waals surface area contributed by atoms with Crippen LogP contribution in [-0.2, 0) is 0 Å². The molecule has 1 aromatic carbocycles. The van der Waals surface area contributed by atoms with Gasteiger partial charge in [0.1, 0.15) is 23.8 Å². The molecule has 0 saturated carbocycles. The molecule has 0 aromatic heterocycles. The molecule has 1 radical (unpaired) electrons. The van der Waals surface area contributed by atoms with Crippen molar-refractivity contribution in [3.8, 4) is 0 Å². The summed E-state index contributed by atoms with van der Waals surface area (Å²) < 4.78 is 26.8. The number of rotatable bonds is 4. The smallest absolute Gasteiger partial charge is 0.254 e. The molecule has 7 nitrogen and oxygen atoms in total. The summed E-state index contributed by atoms with van der Waals surface area (Å²) in [6.07, 6.45) is 5.39. The van der Waals surface area contributed by atoms with Gasteiger partial charge in [-0.05, 0) is 30.5 Å². The van der Waals surface area contributed by atoms with Crippen LogP contribution < -0.4 is 11.1 Å². The number of hydrogen-bond acceptors (Lipinski definition) is 6. The molecule has 3 aliphatic rings. The van der Waals surface area contributed by atoms with Crippen molar-refractivity contribution in [1.82, 2.24) is 10.2 Å². The molecule has 1 saturated heterocycles. The van der Waals surface area contributed by atoms with Crippen molar-refractivity contribution in [2.75, 3.05) is 19.6 Å². The first-order valence-corrected chi connectivity index (χ1v) is 9.42. The maximum Gasteiger partial charge on any atom is 0.254 e. The standard InChI is InChI=1S/C20H21F2N6O/c1-2-12-8-24-17-16(12)18(27-11-26-17)28-6-5-20(23,10-28)9-25-19(29)14-4-3-13(21)7-15(14)22/h3-4,7-8,11H,2,5-6,9-10,23H2,1H3,(H,25,29)/t20-/m1/s1. The summed E-state index contributed by atoms with van der Waals surface area (Å²) in [6, 6.07) is 2.85. The molecule has 3 N–H and O–H groups in total. The van der Waals surface area contributed by atoms with Crippen LogP contribution in [0.25, 0.3) is 0 Å². The van der Waals surface area contributed by atoms with Gasteiger partial charge in [0.15, 0.2) is 0 Å². The summed E-state index contributed by atoms with van der Waals surface area (Å²) in [7, 11) is 0. The highest BCUT2D eigenvalue weighted by Crippen LogP contribution is 2.33. The van der Waals surface area contributed by atoms with Gasteiger partial charge < -0.3 is 16.0 Å². The maximum atomic E-state index is 13.8. The number of amides is 1. The van der Waals surface area contributed by atoms with Gasteiger partial charge >= 0.3 is 0 Å². The number of aliphatic imine (C=N–C) groups is 3. The average Bonchev–Trinajstić information content (AvgIpc) is 3.30. The van der Waals surface area contributed by atoms with Gasteiger partial charge in [0.05, 0.1) is 16.7 Å². The maximum absolute atomic E-state index is 13.8. The summed E-state index contributed by atoms with van der Waals surface area (Å²) in [5, 5.41) is 2.67.